The summed E-state index contributed by atoms with van der Waals surface area (Å²) in [6.45, 7) is 4.38. The number of ether oxygens (including phenoxy) is 1. The number of carbonyl (C=O) groups is 2. The van der Waals surface area contributed by atoms with E-state index in [1.807, 2.05) is 31.2 Å². The lowest BCUT2D eigenvalue weighted by Crippen LogP contribution is -2.56. The summed E-state index contributed by atoms with van der Waals surface area (Å²) in [5, 5.41) is 2.89. The zero-order valence-electron chi connectivity index (χ0n) is 17.2. The Bertz CT molecular complexity index is 856. The molecule has 1 aliphatic rings. The van der Waals surface area contributed by atoms with E-state index in [0.717, 1.165) is 22.4 Å². The smallest absolute Gasteiger partial charge is 0.237 e. The molecule has 1 N–H and O–H groups in total. The largest absolute Gasteiger partial charge is 0.496 e. The number of hydrogen-bond donors (Lipinski definition) is 1. The summed E-state index contributed by atoms with van der Waals surface area (Å²) in [4.78, 5) is 33.1. The lowest BCUT2D eigenvalue weighted by Gasteiger charge is -2.35. The van der Waals surface area contributed by atoms with Gasteiger partial charge in [-0.2, -0.15) is 0 Å². The number of carbonyl (C=O) groups excluding carboxylic acids is 2. The lowest BCUT2D eigenvalue weighted by molar-refractivity contribution is -0.138. The standard InChI is InChI=1S/C22H28N4O3/c1-16-11-17(6-7-20(16)29-3)15-26-10-9-24-22(28)19(26)12-21(27)25(2)14-18-5-4-8-23-13-18/h4-8,11,13,19H,9-10,12,14-15H2,1-3H3,(H,24,28)/t19-/m0/s1. The SMILES string of the molecule is COc1ccc(CN2CCNC(=O)[C@@H]2CC(=O)N(C)Cc2cccnc2)cc1C. The topological polar surface area (TPSA) is 74.8 Å². The normalized spacial score (nSPS) is 16.9. The molecule has 1 aliphatic heterocycles. The van der Waals surface area contributed by atoms with E-state index in [4.69, 9.17) is 4.74 Å². The van der Waals surface area contributed by atoms with Gasteiger partial charge in [-0.15, -0.1) is 0 Å². The minimum absolute atomic E-state index is 0.0631. The maximum Gasteiger partial charge on any atom is 0.237 e. The van der Waals surface area contributed by atoms with Crippen LogP contribution in [0.3, 0.4) is 0 Å². The lowest BCUT2D eigenvalue weighted by atomic mass is 10.0. The number of nitrogens with zero attached hydrogens (tertiary/aromatic N) is 3. The highest BCUT2D eigenvalue weighted by atomic mass is 16.5. The molecule has 2 amide bonds. The Morgan fingerprint density at radius 3 is 2.86 bits per heavy atom. The highest BCUT2D eigenvalue weighted by Crippen LogP contribution is 2.21. The molecule has 0 radical (unpaired) electrons. The van der Waals surface area contributed by atoms with Crippen molar-refractivity contribution in [2.75, 3.05) is 27.2 Å². The first kappa shape index (κ1) is 20.8. The number of rotatable bonds is 7. The summed E-state index contributed by atoms with van der Waals surface area (Å²) < 4.78 is 5.32. The number of piperazine rings is 1. The molecule has 2 heterocycles. The number of aromatic nitrogens is 1. The van der Waals surface area contributed by atoms with Gasteiger partial charge in [0.15, 0.2) is 0 Å². The van der Waals surface area contributed by atoms with Crippen LogP contribution in [0.25, 0.3) is 0 Å². The van der Waals surface area contributed by atoms with Crippen LogP contribution in [0, 0.1) is 6.92 Å². The van der Waals surface area contributed by atoms with Gasteiger partial charge in [-0.05, 0) is 35.7 Å². The van der Waals surface area contributed by atoms with Crippen molar-refractivity contribution in [1.29, 1.82) is 0 Å². The van der Waals surface area contributed by atoms with Crippen LogP contribution < -0.4 is 10.1 Å². The van der Waals surface area contributed by atoms with E-state index in [-0.39, 0.29) is 18.2 Å². The van der Waals surface area contributed by atoms with Gasteiger partial charge in [0.05, 0.1) is 19.6 Å². The number of pyridine rings is 1. The van der Waals surface area contributed by atoms with Crippen LogP contribution in [0.5, 0.6) is 5.75 Å². The number of amides is 2. The summed E-state index contributed by atoms with van der Waals surface area (Å²) in [6, 6.07) is 9.32. The number of benzene rings is 1. The summed E-state index contributed by atoms with van der Waals surface area (Å²) in [7, 11) is 3.41. The second kappa shape index (κ2) is 9.52. The molecular formula is C22H28N4O3. The van der Waals surface area contributed by atoms with Gasteiger partial charge in [0.2, 0.25) is 11.8 Å². The first-order chi connectivity index (χ1) is 14.0. The molecule has 0 spiro atoms. The Kier molecular flexibility index (Phi) is 6.82. The third-order valence-electron chi connectivity index (χ3n) is 5.22. The predicted octanol–water partition coefficient (Wildman–Crippen LogP) is 1.75. The van der Waals surface area contributed by atoms with Gasteiger partial charge < -0.3 is 15.0 Å². The van der Waals surface area contributed by atoms with Crippen LogP contribution in [0.2, 0.25) is 0 Å². The third-order valence-corrected chi connectivity index (χ3v) is 5.22. The van der Waals surface area contributed by atoms with Crippen molar-refractivity contribution in [3.63, 3.8) is 0 Å². The van der Waals surface area contributed by atoms with E-state index in [1.165, 1.54) is 0 Å². The minimum atomic E-state index is -0.477. The van der Waals surface area contributed by atoms with Crippen LogP contribution >= 0.6 is 0 Å². The fourth-order valence-corrected chi connectivity index (χ4v) is 3.62. The summed E-state index contributed by atoms with van der Waals surface area (Å²) >= 11 is 0. The molecule has 3 rings (SSSR count). The Morgan fingerprint density at radius 1 is 1.34 bits per heavy atom. The molecule has 0 aliphatic carbocycles. The van der Waals surface area contributed by atoms with Crippen LogP contribution in [0.4, 0.5) is 0 Å². The molecule has 0 bridgehead atoms. The Morgan fingerprint density at radius 2 is 2.17 bits per heavy atom. The molecule has 1 atom stereocenters. The Labute approximate surface area is 171 Å². The Balaban J connectivity index is 1.67. The van der Waals surface area contributed by atoms with Gasteiger partial charge in [0, 0.05) is 45.6 Å². The molecule has 0 unspecified atom stereocenters. The van der Waals surface area contributed by atoms with Crippen molar-refractivity contribution in [1.82, 2.24) is 20.1 Å². The highest BCUT2D eigenvalue weighted by molar-refractivity contribution is 5.88. The molecule has 7 heteroatoms. The average molecular weight is 396 g/mol. The van der Waals surface area contributed by atoms with Crippen molar-refractivity contribution in [2.45, 2.75) is 32.5 Å². The molecule has 2 aromatic rings. The number of methoxy groups -OCH3 is 1. The summed E-state index contributed by atoms with van der Waals surface area (Å²) in [5.41, 5.74) is 3.11. The minimum Gasteiger partial charge on any atom is -0.496 e. The second-order valence-electron chi connectivity index (χ2n) is 7.40. The molecule has 1 aromatic heterocycles. The molecule has 7 nitrogen and oxygen atoms in total. The van der Waals surface area contributed by atoms with E-state index in [0.29, 0.717) is 26.2 Å². The van der Waals surface area contributed by atoms with Gasteiger partial charge in [-0.1, -0.05) is 18.2 Å². The summed E-state index contributed by atoms with van der Waals surface area (Å²) in [5.74, 6) is 0.685. The highest BCUT2D eigenvalue weighted by Gasteiger charge is 2.32. The fraction of sp³-hybridized carbons (Fsp3) is 0.409. The predicted molar refractivity (Wildman–Crippen MR) is 110 cm³/mol. The van der Waals surface area contributed by atoms with Crippen molar-refractivity contribution in [2.24, 2.45) is 0 Å². The van der Waals surface area contributed by atoms with Gasteiger partial charge in [-0.25, -0.2) is 0 Å². The number of hydrogen-bond acceptors (Lipinski definition) is 5. The quantitative estimate of drug-likeness (QED) is 0.772. The molecule has 0 saturated carbocycles. The van der Waals surface area contributed by atoms with E-state index in [9.17, 15) is 9.59 Å². The first-order valence-electron chi connectivity index (χ1n) is 9.76. The number of nitrogens with one attached hydrogen (secondary N) is 1. The Hall–Kier alpha value is -2.93. The van der Waals surface area contributed by atoms with Crippen LogP contribution in [0.15, 0.2) is 42.7 Å². The van der Waals surface area contributed by atoms with Crippen LogP contribution in [0.1, 0.15) is 23.1 Å². The zero-order chi connectivity index (χ0) is 20.8. The fourth-order valence-electron chi connectivity index (χ4n) is 3.62. The third kappa shape index (κ3) is 5.32. The van der Waals surface area contributed by atoms with E-state index in [2.05, 4.69) is 21.3 Å². The van der Waals surface area contributed by atoms with Gasteiger partial charge >= 0.3 is 0 Å². The second-order valence-corrected chi connectivity index (χ2v) is 7.40. The summed E-state index contributed by atoms with van der Waals surface area (Å²) in [6.07, 6.45) is 3.60. The molecule has 154 valence electrons. The van der Waals surface area contributed by atoms with Crippen molar-refractivity contribution < 1.29 is 14.3 Å². The maximum absolute atomic E-state index is 12.8. The zero-order valence-corrected chi connectivity index (χ0v) is 17.2. The van der Waals surface area contributed by atoms with Crippen LogP contribution in [-0.4, -0.2) is 59.9 Å². The van der Waals surface area contributed by atoms with Gasteiger partial charge in [0.1, 0.15) is 5.75 Å². The van der Waals surface area contributed by atoms with Crippen molar-refractivity contribution >= 4 is 11.8 Å². The molecule has 1 aromatic carbocycles. The molecule has 29 heavy (non-hydrogen) atoms. The van der Waals surface area contributed by atoms with Crippen molar-refractivity contribution in [3.05, 3.63) is 59.4 Å². The molecule has 1 saturated heterocycles. The van der Waals surface area contributed by atoms with E-state index >= 15 is 0 Å². The van der Waals surface area contributed by atoms with E-state index in [1.54, 1.807) is 31.5 Å². The number of aryl methyl sites for hydroxylation is 1. The van der Waals surface area contributed by atoms with Gasteiger partial charge in [-0.3, -0.25) is 19.5 Å². The van der Waals surface area contributed by atoms with Gasteiger partial charge in [0.25, 0.3) is 0 Å². The van der Waals surface area contributed by atoms with Crippen molar-refractivity contribution in [3.8, 4) is 5.75 Å². The molecule has 1 fully saturated rings. The monoisotopic (exact) mass is 396 g/mol. The molecular weight excluding hydrogens is 368 g/mol. The average Bonchev–Trinajstić information content (AvgIpc) is 2.71. The maximum atomic E-state index is 12.8. The first-order valence-corrected chi connectivity index (χ1v) is 9.76. The van der Waals surface area contributed by atoms with E-state index < -0.39 is 6.04 Å². The van der Waals surface area contributed by atoms with Crippen LogP contribution in [-0.2, 0) is 22.7 Å².